The molecule has 0 spiro atoms. The van der Waals surface area contributed by atoms with Crippen molar-refractivity contribution in [1.29, 1.82) is 0 Å². The van der Waals surface area contributed by atoms with Gasteiger partial charge in [0.15, 0.2) is 0 Å². The Bertz CT molecular complexity index is 576. The summed E-state index contributed by atoms with van der Waals surface area (Å²) in [4.78, 5) is 16.6. The Hall–Kier alpha value is -1.72. The lowest BCUT2D eigenvalue weighted by Crippen LogP contribution is -2.37. The summed E-state index contributed by atoms with van der Waals surface area (Å²) in [5.74, 6) is 0.160. The lowest BCUT2D eigenvalue weighted by Gasteiger charge is -2.21. The molecule has 5 heteroatoms. The number of nitrogens with one attached hydrogen (secondary N) is 2. The van der Waals surface area contributed by atoms with Crippen LogP contribution in [0.1, 0.15) is 12.8 Å². The highest BCUT2D eigenvalue weighted by Gasteiger charge is 2.22. The van der Waals surface area contributed by atoms with Gasteiger partial charge in [0.05, 0.1) is 11.4 Å². The average Bonchev–Trinajstić information content (AvgIpc) is 2.97. The standard InChI is InChI=1S/C15H17N3OS/c19-14(12-7-4-8-16-9-12)18-15-13(17-10-20-15)11-5-2-1-3-6-11/h1-3,5-6,10,12,16H,4,7-9H2,(H,18,19). The maximum atomic E-state index is 12.3. The fourth-order valence-electron chi connectivity index (χ4n) is 2.43. The highest BCUT2D eigenvalue weighted by Crippen LogP contribution is 2.30. The van der Waals surface area contributed by atoms with Gasteiger partial charge in [-0.3, -0.25) is 4.79 Å². The van der Waals surface area contributed by atoms with E-state index in [1.54, 1.807) is 5.51 Å². The van der Waals surface area contributed by atoms with E-state index in [9.17, 15) is 4.79 Å². The van der Waals surface area contributed by atoms with E-state index in [0.717, 1.165) is 42.2 Å². The zero-order chi connectivity index (χ0) is 13.8. The normalized spacial score (nSPS) is 18.7. The molecule has 1 aliphatic heterocycles. The number of aromatic nitrogens is 1. The van der Waals surface area contributed by atoms with Gasteiger partial charge < -0.3 is 10.6 Å². The lowest BCUT2D eigenvalue weighted by atomic mass is 9.99. The average molecular weight is 287 g/mol. The second kappa shape index (κ2) is 6.15. The van der Waals surface area contributed by atoms with Gasteiger partial charge in [-0.1, -0.05) is 30.3 Å². The van der Waals surface area contributed by atoms with E-state index in [1.165, 1.54) is 11.3 Å². The van der Waals surface area contributed by atoms with Crippen LogP contribution < -0.4 is 10.6 Å². The first-order valence-electron chi connectivity index (χ1n) is 6.85. The van der Waals surface area contributed by atoms with Gasteiger partial charge in [0.2, 0.25) is 5.91 Å². The number of carbonyl (C=O) groups is 1. The number of thiazole rings is 1. The van der Waals surface area contributed by atoms with Crippen molar-refractivity contribution in [3.05, 3.63) is 35.8 Å². The van der Waals surface area contributed by atoms with Crippen molar-refractivity contribution in [2.24, 2.45) is 5.92 Å². The van der Waals surface area contributed by atoms with Crippen LogP contribution in [0.5, 0.6) is 0 Å². The Morgan fingerprint density at radius 3 is 2.95 bits per heavy atom. The van der Waals surface area contributed by atoms with Crippen LogP contribution in [0.15, 0.2) is 35.8 Å². The SMILES string of the molecule is O=C(Nc1scnc1-c1ccccc1)C1CCCNC1. The molecule has 4 nitrogen and oxygen atoms in total. The van der Waals surface area contributed by atoms with Crippen molar-refractivity contribution >= 4 is 22.2 Å². The molecule has 0 bridgehead atoms. The van der Waals surface area contributed by atoms with Crippen molar-refractivity contribution < 1.29 is 4.79 Å². The Morgan fingerprint density at radius 2 is 2.20 bits per heavy atom. The smallest absolute Gasteiger partial charge is 0.229 e. The summed E-state index contributed by atoms with van der Waals surface area (Å²) in [5, 5.41) is 7.14. The number of hydrogen-bond acceptors (Lipinski definition) is 4. The van der Waals surface area contributed by atoms with Gasteiger partial charge in [-0.25, -0.2) is 4.98 Å². The van der Waals surface area contributed by atoms with Gasteiger partial charge in [0, 0.05) is 12.1 Å². The van der Waals surface area contributed by atoms with Gasteiger partial charge in [0.1, 0.15) is 10.7 Å². The van der Waals surface area contributed by atoms with E-state index in [-0.39, 0.29) is 11.8 Å². The molecule has 104 valence electrons. The van der Waals surface area contributed by atoms with E-state index in [2.05, 4.69) is 15.6 Å². The number of carbonyl (C=O) groups excluding carboxylic acids is 1. The number of benzene rings is 1. The number of amides is 1. The van der Waals surface area contributed by atoms with Crippen molar-refractivity contribution in [3.8, 4) is 11.3 Å². The van der Waals surface area contributed by atoms with Crippen LogP contribution in [0.25, 0.3) is 11.3 Å². The lowest BCUT2D eigenvalue weighted by molar-refractivity contribution is -0.120. The second-order valence-electron chi connectivity index (χ2n) is 4.93. The van der Waals surface area contributed by atoms with Crippen molar-refractivity contribution in [2.45, 2.75) is 12.8 Å². The second-order valence-corrected chi connectivity index (χ2v) is 5.78. The van der Waals surface area contributed by atoms with E-state index < -0.39 is 0 Å². The molecule has 1 unspecified atom stereocenters. The predicted octanol–water partition coefficient (Wildman–Crippen LogP) is 2.75. The van der Waals surface area contributed by atoms with Crippen molar-refractivity contribution in [2.75, 3.05) is 18.4 Å². The molecule has 2 aromatic rings. The topological polar surface area (TPSA) is 54.0 Å². The van der Waals surface area contributed by atoms with E-state index in [0.29, 0.717) is 0 Å². The van der Waals surface area contributed by atoms with Crippen LogP contribution in [0.3, 0.4) is 0 Å². The fraction of sp³-hybridized carbons (Fsp3) is 0.333. The minimum Gasteiger partial charge on any atom is -0.316 e. The van der Waals surface area contributed by atoms with Gasteiger partial charge in [-0.05, 0) is 19.4 Å². The Labute approximate surface area is 122 Å². The van der Waals surface area contributed by atoms with Gasteiger partial charge in [-0.15, -0.1) is 11.3 Å². The molecule has 1 saturated heterocycles. The van der Waals surface area contributed by atoms with Crippen LogP contribution >= 0.6 is 11.3 Å². The molecule has 0 saturated carbocycles. The molecule has 0 aliphatic carbocycles. The minimum absolute atomic E-state index is 0.0643. The number of piperidine rings is 1. The first-order valence-corrected chi connectivity index (χ1v) is 7.73. The summed E-state index contributed by atoms with van der Waals surface area (Å²) >= 11 is 1.47. The van der Waals surface area contributed by atoms with Crippen LogP contribution in [0, 0.1) is 5.92 Å². The maximum absolute atomic E-state index is 12.3. The van der Waals surface area contributed by atoms with Gasteiger partial charge in [-0.2, -0.15) is 0 Å². The van der Waals surface area contributed by atoms with Gasteiger partial charge in [0.25, 0.3) is 0 Å². The van der Waals surface area contributed by atoms with Crippen LogP contribution in [0.2, 0.25) is 0 Å². The van der Waals surface area contributed by atoms with Crippen LogP contribution in [-0.2, 0) is 4.79 Å². The molecular weight excluding hydrogens is 270 g/mol. The third kappa shape index (κ3) is 2.89. The molecule has 3 rings (SSSR count). The third-order valence-corrected chi connectivity index (χ3v) is 4.26. The zero-order valence-electron chi connectivity index (χ0n) is 11.1. The quantitative estimate of drug-likeness (QED) is 0.912. The summed E-state index contributed by atoms with van der Waals surface area (Å²) in [6.45, 7) is 1.78. The Morgan fingerprint density at radius 1 is 1.35 bits per heavy atom. The highest BCUT2D eigenvalue weighted by molar-refractivity contribution is 7.14. The molecule has 2 heterocycles. The summed E-state index contributed by atoms with van der Waals surface area (Å²) in [6.07, 6.45) is 2.02. The number of nitrogens with zero attached hydrogens (tertiary/aromatic N) is 1. The summed E-state index contributed by atoms with van der Waals surface area (Å²) in [7, 11) is 0. The summed E-state index contributed by atoms with van der Waals surface area (Å²) in [6, 6.07) is 9.94. The first kappa shape index (κ1) is 13.3. The molecule has 1 aromatic carbocycles. The van der Waals surface area contributed by atoms with Crippen LogP contribution in [0.4, 0.5) is 5.00 Å². The van der Waals surface area contributed by atoms with Crippen molar-refractivity contribution in [3.63, 3.8) is 0 Å². The predicted molar refractivity (Wildman–Crippen MR) is 81.8 cm³/mol. The maximum Gasteiger partial charge on any atom is 0.229 e. The summed E-state index contributed by atoms with van der Waals surface area (Å²) in [5.41, 5.74) is 3.66. The molecule has 0 radical (unpaired) electrons. The van der Waals surface area contributed by atoms with Crippen LogP contribution in [-0.4, -0.2) is 24.0 Å². The Balaban J connectivity index is 1.75. The first-order chi connectivity index (χ1) is 9.84. The zero-order valence-corrected chi connectivity index (χ0v) is 12.0. The van der Waals surface area contributed by atoms with E-state index in [4.69, 9.17) is 0 Å². The number of rotatable bonds is 3. The monoisotopic (exact) mass is 287 g/mol. The van der Waals surface area contributed by atoms with Gasteiger partial charge >= 0.3 is 0 Å². The molecule has 1 aromatic heterocycles. The molecule has 20 heavy (non-hydrogen) atoms. The molecule has 1 amide bonds. The molecule has 2 N–H and O–H groups in total. The fourth-order valence-corrected chi connectivity index (χ4v) is 3.13. The molecule has 1 atom stereocenters. The summed E-state index contributed by atoms with van der Waals surface area (Å²) < 4.78 is 0. The number of anilines is 1. The number of hydrogen-bond donors (Lipinski definition) is 2. The third-order valence-electron chi connectivity index (χ3n) is 3.52. The van der Waals surface area contributed by atoms with E-state index in [1.807, 2.05) is 30.3 Å². The largest absolute Gasteiger partial charge is 0.316 e. The van der Waals surface area contributed by atoms with Crippen molar-refractivity contribution in [1.82, 2.24) is 10.3 Å². The molecular formula is C15H17N3OS. The molecule has 1 aliphatic rings. The molecule has 1 fully saturated rings. The van der Waals surface area contributed by atoms with E-state index >= 15 is 0 Å². The Kier molecular flexibility index (Phi) is 4.08. The minimum atomic E-state index is 0.0643. The highest BCUT2D eigenvalue weighted by atomic mass is 32.1.